The Morgan fingerprint density at radius 1 is 0.973 bits per heavy atom. The predicted octanol–water partition coefficient (Wildman–Crippen LogP) is 5.00. The van der Waals surface area contributed by atoms with Crippen molar-refractivity contribution in [3.63, 3.8) is 0 Å². The van der Waals surface area contributed by atoms with Crippen molar-refractivity contribution < 1.29 is 19.1 Å². The Balaban J connectivity index is 1.62. The van der Waals surface area contributed by atoms with Crippen LogP contribution in [0.2, 0.25) is 0 Å². The number of nitrogens with one attached hydrogen (secondary N) is 3. The SMILES string of the molecule is COc1cccc([C@H](CNC(=O)C[C@@H](NC(N)=O)c2ccc(Br)cc2)c2c[nH]c3ccccc23)c1OC. The van der Waals surface area contributed by atoms with Crippen molar-refractivity contribution in [3.8, 4) is 11.5 Å². The van der Waals surface area contributed by atoms with Gasteiger partial charge >= 0.3 is 6.03 Å². The molecule has 9 heteroatoms. The van der Waals surface area contributed by atoms with Crippen LogP contribution in [-0.4, -0.2) is 37.7 Å². The number of primary amides is 1. The minimum atomic E-state index is -0.696. The minimum absolute atomic E-state index is 0.0282. The van der Waals surface area contributed by atoms with Crippen LogP contribution in [-0.2, 0) is 4.79 Å². The highest BCUT2D eigenvalue weighted by molar-refractivity contribution is 9.10. The van der Waals surface area contributed by atoms with Crippen LogP contribution < -0.4 is 25.8 Å². The number of rotatable bonds is 10. The molecule has 0 unspecified atom stereocenters. The first-order chi connectivity index (χ1) is 17.9. The van der Waals surface area contributed by atoms with Crippen LogP contribution in [0.3, 0.4) is 0 Å². The molecule has 1 aromatic heterocycles. The van der Waals surface area contributed by atoms with Crippen molar-refractivity contribution in [2.75, 3.05) is 20.8 Å². The van der Waals surface area contributed by atoms with E-state index in [0.717, 1.165) is 32.1 Å². The number of aromatic nitrogens is 1. The number of carbonyl (C=O) groups excluding carboxylic acids is 2. The Morgan fingerprint density at radius 3 is 2.43 bits per heavy atom. The fourth-order valence-electron chi connectivity index (χ4n) is 4.55. The molecule has 192 valence electrons. The van der Waals surface area contributed by atoms with Crippen LogP contribution in [0.25, 0.3) is 10.9 Å². The highest BCUT2D eigenvalue weighted by Crippen LogP contribution is 2.40. The van der Waals surface area contributed by atoms with Gasteiger partial charge in [0.05, 0.1) is 26.7 Å². The van der Waals surface area contributed by atoms with Gasteiger partial charge in [-0.25, -0.2) is 4.79 Å². The van der Waals surface area contributed by atoms with Crippen molar-refractivity contribution >= 4 is 38.8 Å². The first-order valence-electron chi connectivity index (χ1n) is 11.8. The van der Waals surface area contributed by atoms with Gasteiger partial charge in [0.25, 0.3) is 0 Å². The summed E-state index contributed by atoms with van der Waals surface area (Å²) >= 11 is 3.40. The number of halogens is 1. The smallest absolute Gasteiger partial charge is 0.312 e. The number of carbonyl (C=O) groups is 2. The number of nitrogens with two attached hydrogens (primary N) is 1. The van der Waals surface area contributed by atoms with Crippen LogP contribution >= 0.6 is 15.9 Å². The molecule has 0 saturated heterocycles. The zero-order chi connectivity index (χ0) is 26.4. The van der Waals surface area contributed by atoms with E-state index < -0.39 is 12.1 Å². The highest BCUT2D eigenvalue weighted by atomic mass is 79.9. The molecule has 0 aliphatic carbocycles. The summed E-state index contributed by atoms with van der Waals surface area (Å²) < 4.78 is 12.2. The Kier molecular flexibility index (Phi) is 8.35. The third-order valence-corrected chi connectivity index (χ3v) is 6.82. The fourth-order valence-corrected chi connectivity index (χ4v) is 4.81. The molecule has 0 aliphatic rings. The summed E-state index contributed by atoms with van der Waals surface area (Å²) in [5, 5.41) is 6.78. The number of ether oxygens (including phenoxy) is 2. The molecule has 0 bridgehead atoms. The second kappa shape index (κ2) is 11.8. The van der Waals surface area contributed by atoms with Gasteiger partial charge in [0.2, 0.25) is 5.91 Å². The topological polar surface area (TPSA) is 118 Å². The zero-order valence-corrected chi connectivity index (χ0v) is 22.2. The molecule has 3 amide bonds. The van der Waals surface area contributed by atoms with Crippen molar-refractivity contribution in [2.45, 2.75) is 18.4 Å². The normalized spacial score (nSPS) is 12.5. The van der Waals surface area contributed by atoms with E-state index in [4.69, 9.17) is 15.2 Å². The first kappa shape index (κ1) is 26.1. The van der Waals surface area contributed by atoms with Gasteiger partial charge in [0, 0.05) is 39.6 Å². The molecule has 37 heavy (non-hydrogen) atoms. The van der Waals surface area contributed by atoms with Crippen molar-refractivity contribution in [1.29, 1.82) is 0 Å². The van der Waals surface area contributed by atoms with E-state index in [1.165, 1.54) is 0 Å². The third-order valence-electron chi connectivity index (χ3n) is 6.29. The Hall–Kier alpha value is -3.98. The zero-order valence-electron chi connectivity index (χ0n) is 20.6. The van der Waals surface area contributed by atoms with E-state index in [1.54, 1.807) is 14.2 Å². The Bertz CT molecular complexity index is 1390. The fraction of sp³-hybridized carbons (Fsp3) is 0.214. The predicted molar refractivity (Wildman–Crippen MR) is 147 cm³/mol. The molecule has 4 aromatic rings. The van der Waals surface area contributed by atoms with E-state index in [9.17, 15) is 9.59 Å². The summed E-state index contributed by atoms with van der Waals surface area (Å²) in [5.74, 6) is 0.753. The molecule has 1 heterocycles. The molecule has 0 fully saturated rings. The third kappa shape index (κ3) is 6.06. The molecule has 4 rings (SSSR count). The number of fused-ring (bicyclic) bond motifs is 1. The molecule has 8 nitrogen and oxygen atoms in total. The van der Waals surface area contributed by atoms with Crippen LogP contribution in [0, 0.1) is 0 Å². The maximum atomic E-state index is 13.1. The molecular weight excluding hydrogens is 536 g/mol. The number of hydrogen-bond donors (Lipinski definition) is 4. The van der Waals surface area contributed by atoms with Crippen molar-refractivity contribution in [2.24, 2.45) is 5.73 Å². The lowest BCUT2D eigenvalue weighted by Crippen LogP contribution is -2.37. The summed E-state index contributed by atoms with van der Waals surface area (Å²) in [7, 11) is 3.20. The van der Waals surface area contributed by atoms with E-state index in [-0.39, 0.29) is 18.2 Å². The van der Waals surface area contributed by atoms with Gasteiger partial charge in [-0.15, -0.1) is 0 Å². The number of para-hydroxylation sites is 2. The molecule has 0 spiro atoms. The summed E-state index contributed by atoms with van der Waals surface area (Å²) in [6.07, 6.45) is 1.99. The van der Waals surface area contributed by atoms with Crippen molar-refractivity contribution in [3.05, 3.63) is 94.1 Å². The van der Waals surface area contributed by atoms with Crippen LogP contribution in [0.4, 0.5) is 4.79 Å². The Labute approximate surface area is 223 Å². The molecular formula is C28H29BrN4O4. The van der Waals surface area contributed by atoms with Crippen LogP contribution in [0.15, 0.2) is 77.4 Å². The number of methoxy groups -OCH3 is 2. The summed E-state index contributed by atoms with van der Waals surface area (Å²) in [5.41, 5.74) is 9.06. The number of urea groups is 1. The number of benzene rings is 3. The van der Waals surface area contributed by atoms with E-state index in [2.05, 4.69) is 31.5 Å². The second-order valence-electron chi connectivity index (χ2n) is 8.55. The summed E-state index contributed by atoms with van der Waals surface area (Å²) in [4.78, 5) is 28.1. The monoisotopic (exact) mass is 564 g/mol. The average Bonchev–Trinajstić information content (AvgIpc) is 3.32. The van der Waals surface area contributed by atoms with Crippen LogP contribution in [0.1, 0.15) is 35.1 Å². The lowest BCUT2D eigenvalue weighted by molar-refractivity contribution is -0.121. The van der Waals surface area contributed by atoms with Crippen LogP contribution in [0.5, 0.6) is 11.5 Å². The van der Waals surface area contributed by atoms with E-state index in [1.807, 2.05) is 72.9 Å². The number of aromatic amines is 1. The lowest BCUT2D eigenvalue weighted by Gasteiger charge is -2.23. The summed E-state index contributed by atoms with van der Waals surface area (Å²) in [6.45, 7) is 0.299. The lowest BCUT2D eigenvalue weighted by atomic mass is 9.89. The van der Waals surface area contributed by atoms with E-state index in [0.29, 0.717) is 18.0 Å². The largest absolute Gasteiger partial charge is 0.493 e. The summed E-state index contributed by atoms with van der Waals surface area (Å²) in [6, 6.07) is 19.8. The molecule has 3 aromatic carbocycles. The van der Waals surface area contributed by atoms with Gasteiger partial charge in [0.1, 0.15) is 0 Å². The van der Waals surface area contributed by atoms with Gasteiger partial charge in [0.15, 0.2) is 11.5 Å². The minimum Gasteiger partial charge on any atom is -0.493 e. The maximum absolute atomic E-state index is 13.1. The molecule has 0 aliphatic heterocycles. The number of amides is 3. The molecule has 0 radical (unpaired) electrons. The highest BCUT2D eigenvalue weighted by Gasteiger charge is 2.25. The molecule has 5 N–H and O–H groups in total. The van der Waals surface area contributed by atoms with E-state index >= 15 is 0 Å². The first-order valence-corrected chi connectivity index (χ1v) is 12.6. The number of hydrogen-bond acceptors (Lipinski definition) is 4. The second-order valence-corrected chi connectivity index (χ2v) is 9.46. The average molecular weight is 565 g/mol. The molecule has 2 atom stereocenters. The van der Waals surface area contributed by atoms with Gasteiger partial charge in [-0.3, -0.25) is 4.79 Å². The van der Waals surface area contributed by atoms with Gasteiger partial charge < -0.3 is 30.8 Å². The maximum Gasteiger partial charge on any atom is 0.312 e. The van der Waals surface area contributed by atoms with Gasteiger partial charge in [-0.05, 0) is 35.4 Å². The Morgan fingerprint density at radius 2 is 1.73 bits per heavy atom. The van der Waals surface area contributed by atoms with Crippen molar-refractivity contribution in [1.82, 2.24) is 15.6 Å². The van der Waals surface area contributed by atoms with Gasteiger partial charge in [-0.1, -0.05) is 58.4 Å². The number of H-pyrrole nitrogens is 1. The quantitative estimate of drug-likeness (QED) is 0.217. The molecule has 0 saturated carbocycles. The van der Waals surface area contributed by atoms with Gasteiger partial charge in [-0.2, -0.15) is 0 Å². The standard InChI is InChI=1S/C28H29BrN4O4/c1-36-25-9-5-7-20(27(25)37-2)22(21-15-31-23-8-4-3-6-19(21)23)16-32-26(34)14-24(33-28(30)35)17-10-12-18(29)13-11-17/h3-13,15,22,24,31H,14,16H2,1-2H3,(H,32,34)(H3,30,33,35)/t22-,24+/m0/s1.